The molecule has 0 radical (unpaired) electrons. The molecule has 4 heteroatoms. The number of hydrogen-bond acceptors (Lipinski definition) is 1. The summed E-state index contributed by atoms with van der Waals surface area (Å²) in [5.41, 5.74) is 0.646. The maximum Gasteiger partial charge on any atom is 0.177 e. The Morgan fingerprint density at radius 3 is 2.73 bits per heavy atom. The van der Waals surface area contributed by atoms with Crippen LogP contribution in [-0.4, -0.2) is 9.55 Å². The van der Waals surface area contributed by atoms with Gasteiger partial charge in [-0.15, -0.1) is 0 Å². The lowest BCUT2D eigenvalue weighted by Gasteiger charge is -2.14. The van der Waals surface area contributed by atoms with Crippen LogP contribution in [0.15, 0.2) is 36.7 Å². The smallest absolute Gasteiger partial charge is 0.177 e. The van der Waals surface area contributed by atoms with Gasteiger partial charge in [0.15, 0.2) is 4.77 Å². The van der Waals surface area contributed by atoms with Crippen LogP contribution in [0.25, 0.3) is 0 Å². The topological polar surface area (TPSA) is 20.7 Å². The van der Waals surface area contributed by atoms with Crippen LogP contribution in [0.3, 0.4) is 0 Å². The van der Waals surface area contributed by atoms with E-state index in [4.69, 9.17) is 12.2 Å². The molecule has 78 valence electrons. The average molecular weight is 222 g/mol. The van der Waals surface area contributed by atoms with Gasteiger partial charge in [-0.3, -0.25) is 0 Å². The molecule has 0 spiro atoms. The number of halogens is 1. The Bertz CT molecular complexity index is 515. The normalized spacial score (nSPS) is 12.7. The van der Waals surface area contributed by atoms with Crippen molar-refractivity contribution >= 4 is 12.2 Å². The molecule has 1 aromatic carbocycles. The first kappa shape index (κ1) is 10.1. The monoisotopic (exact) mass is 222 g/mol. The summed E-state index contributed by atoms with van der Waals surface area (Å²) >= 11 is 5.09. The minimum absolute atomic E-state index is 0.0926. The van der Waals surface area contributed by atoms with Crippen LogP contribution in [0, 0.1) is 10.6 Å². The maximum atomic E-state index is 13.5. The van der Waals surface area contributed by atoms with E-state index < -0.39 is 0 Å². The minimum Gasteiger partial charge on any atom is -0.337 e. The van der Waals surface area contributed by atoms with E-state index in [1.807, 2.05) is 23.8 Å². The molecule has 1 N–H and O–H groups in total. The summed E-state index contributed by atoms with van der Waals surface area (Å²) < 4.78 is 15.9. The van der Waals surface area contributed by atoms with Gasteiger partial charge in [-0.1, -0.05) is 18.2 Å². The molecule has 0 fully saturated rings. The third-order valence-corrected chi connectivity index (χ3v) is 2.78. The SMILES string of the molecule is CC(c1ccccc1F)n1cc[nH]c1=S. The molecule has 0 amide bonds. The lowest BCUT2D eigenvalue weighted by Crippen LogP contribution is -2.07. The molecule has 15 heavy (non-hydrogen) atoms. The van der Waals surface area contributed by atoms with E-state index >= 15 is 0 Å². The van der Waals surface area contributed by atoms with Crippen molar-refractivity contribution in [2.45, 2.75) is 13.0 Å². The van der Waals surface area contributed by atoms with Crippen LogP contribution in [0.5, 0.6) is 0 Å². The van der Waals surface area contributed by atoms with Gasteiger partial charge < -0.3 is 9.55 Å². The molecule has 0 saturated carbocycles. The molecule has 0 aliphatic heterocycles. The fourth-order valence-corrected chi connectivity index (χ4v) is 1.89. The van der Waals surface area contributed by atoms with Crippen molar-refractivity contribution in [3.05, 3.63) is 52.8 Å². The molecule has 1 aromatic heterocycles. The van der Waals surface area contributed by atoms with Crippen molar-refractivity contribution in [3.63, 3.8) is 0 Å². The van der Waals surface area contributed by atoms with Gasteiger partial charge in [-0.2, -0.15) is 0 Å². The molecule has 2 rings (SSSR count). The van der Waals surface area contributed by atoms with Crippen molar-refractivity contribution in [1.29, 1.82) is 0 Å². The van der Waals surface area contributed by atoms with Crippen LogP contribution in [-0.2, 0) is 0 Å². The van der Waals surface area contributed by atoms with Gasteiger partial charge >= 0.3 is 0 Å². The first-order valence-corrected chi connectivity index (χ1v) is 5.11. The second-order valence-corrected chi connectivity index (χ2v) is 3.76. The van der Waals surface area contributed by atoms with E-state index in [2.05, 4.69) is 4.98 Å². The Morgan fingerprint density at radius 1 is 1.40 bits per heavy atom. The van der Waals surface area contributed by atoms with Gasteiger partial charge in [0.05, 0.1) is 6.04 Å². The number of hydrogen-bond donors (Lipinski definition) is 1. The summed E-state index contributed by atoms with van der Waals surface area (Å²) in [6.45, 7) is 1.92. The Morgan fingerprint density at radius 2 is 2.13 bits per heavy atom. The van der Waals surface area contributed by atoms with Crippen molar-refractivity contribution in [3.8, 4) is 0 Å². The van der Waals surface area contributed by atoms with Crippen molar-refractivity contribution in [1.82, 2.24) is 9.55 Å². The van der Waals surface area contributed by atoms with Gasteiger partial charge in [-0.05, 0) is 25.2 Å². The highest BCUT2D eigenvalue weighted by Crippen LogP contribution is 2.20. The van der Waals surface area contributed by atoms with E-state index in [0.29, 0.717) is 10.3 Å². The predicted octanol–water partition coefficient (Wildman–Crippen LogP) is 3.29. The number of nitrogens with one attached hydrogen (secondary N) is 1. The van der Waals surface area contributed by atoms with Crippen LogP contribution >= 0.6 is 12.2 Å². The highest BCUT2D eigenvalue weighted by atomic mass is 32.1. The standard InChI is InChI=1S/C11H11FN2S/c1-8(14-7-6-13-11(14)15)9-4-2-3-5-10(9)12/h2-8H,1H3,(H,13,15). The van der Waals surface area contributed by atoms with Gasteiger partial charge in [-0.25, -0.2) is 4.39 Å². The Kier molecular flexibility index (Phi) is 2.68. The number of imidazole rings is 1. The number of benzene rings is 1. The first-order valence-electron chi connectivity index (χ1n) is 4.70. The lowest BCUT2D eigenvalue weighted by molar-refractivity contribution is 0.554. The third-order valence-electron chi connectivity index (χ3n) is 2.45. The van der Waals surface area contributed by atoms with Gasteiger partial charge in [0.2, 0.25) is 0 Å². The molecule has 2 aromatic rings. The quantitative estimate of drug-likeness (QED) is 0.773. The lowest BCUT2D eigenvalue weighted by atomic mass is 10.1. The summed E-state index contributed by atoms with van der Waals surface area (Å²) in [6, 6.07) is 6.65. The number of H-pyrrole nitrogens is 1. The fourth-order valence-electron chi connectivity index (χ4n) is 1.60. The molecule has 0 aliphatic carbocycles. The van der Waals surface area contributed by atoms with Crippen LogP contribution < -0.4 is 0 Å². The number of aromatic amines is 1. The van der Waals surface area contributed by atoms with Crippen molar-refractivity contribution in [2.24, 2.45) is 0 Å². The second kappa shape index (κ2) is 3.98. The Balaban J connectivity index is 2.45. The molecule has 1 heterocycles. The van der Waals surface area contributed by atoms with Gasteiger partial charge in [0.25, 0.3) is 0 Å². The Hall–Kier alpha value is -1.42. The van der Waals surface area contributed by atoms with E-state index in [0.717, 1.165) is 0 Å². The average Bonchev–Trinajstić information content (AvgIpc) is 2.64. The summed E-state index contributed by atoms with van der Waals surface area (Å²) in [5.74, 6) is -0.201. The number of aromatic nitrogens is 2. The zero-order valence-corrected chi connectivity index (χ0v) is 9.09. The number of rotatable bonds is 2. The molecule has 0 saturated heterocycles. The molecule has 0 bridgehead atoms. The maximum absolute atomic E-state index is 13.5. The van der Waals surface area contributed by atoms with Crippen LogP contribution in [0.2, 0.25) is 0 Å². The molecule has 0 aliphatic rings. The van der Waals surface area contributed by atoms with E-state index in [-0.39, 0.29) is 11.9 Å². The van der Waals surface area contributed by atoms with E-state index in [9.17, 15) is 4.39 Å². The first-order chi connectivity index (χ1) is 7.20. The summed E-state index contributed by atoms with van der Waals surface area (Å²) in [5, 5.41) is 0. The van der Waals surface area contributed by atoms with Crippen molar-refractivity contribution in [2.75, 3.05) is 0 Å². The minimum atomic E-state index is -0.201. The zero-order valence-electron chi connectivity index (χ0n) is 8.27. The molecule has 2 nitrogen and oxygen atoms in total. The zero-order chi connectivity index (χ0) is 10.8. The summed E-state index contributed by atoms with van der Waals surface area (Å²) in [4.78, 5) is 2.89. The van der Waals surface area contributed by atoms with Crippen LogP contribution in [0.1, 0.15) is 18.5 Å². The van der Waals surface area contributed by atoms with E-state index in [1.165, 1.54) is 6.07 Å². The highest BCUT2D eigenvalue weighted by Gasteiger charge is 2.11. The van der Waals surface area contributed by atoms with E-state index in [1.54, 1.807) is 18.3 Å². The van der Waals surface area contributed by atoms with Crippen molar-refractivity contribution < 1.29 is 4.39 Å². The molecule has 1 atom stereocenters. The molecular formula is C11H11FN2S. The molecular weight excluding hydrogens is 211 g/mol. The second-order valence-electron chi connectivity index (χ2n) is 3.37. The summed E-state index contributed by atoms with van der Waals surface area (Å²) in [7, 11) is 0. The summed E-state index contributed by atoms with van der Waals surface area (Å²) in [6.07, 6.45) is 3.57. The van der Waals surface area contributed by atoms with Gasteiger partial charge in [0, 0.05) is 18.0 Å². The van der Waals surface area contributed by atoms with Gasteiger partial charge in [0.1, 0.15) is 5.82 Å². The third kappa shape index (κ3) is 1.85. The highest BCUT2D eigenvalue weighted by molar-refractivity contribution is 7.71. The molecule has 1 unspecified atom stereocenters. The fraction of sp³-hybridized carbons (Fsp3) is 0.182. The largest absolute Gasteiger partial charge is 0.337 e. The number of nitrogens with zero attached hydrogens (tertiary/aromatic N) is 1. The predicted molar refractivity (Wildman–Crippen MR) is 59.8 cm³/mol. The Labute approximate surface area is 92.4 Å². The van der Waals surface area contributed by atoms with Crippen LogP contribution in [0.4, 0.5) is 4.39 Å².